The molecule has 96 valence electrons. The van der Waals surface area contributed by atoms with Crippen molar-refractivity contribution in [2.24, 2.45) is 0 Å². The molecule has 0 aliphatic carbocycles. The van der Waals surface area contributed by atoms with E-state index in [0.29, 0.717) is 5.76 Å². The standard InChI is InChI=1S/C16H20O2/c1-5-6-15(9-13(3)18-4)16-10-14(11-17)8-7-12(16)2/h5-10,17H,3,11H2,1-2,4H3/b6-5-,15-9+. The first kappa shape index (κ1) is 14.3. The molecule has 18 heavy (non-hydrogen) atoms. The van der Waals surface area contributed by atoms with Crippen molar-refractivity contribution in [3.63, 3.8) is 0 Å². The van der Waals surface area contributed by atoms with Crippen LogP contribution in [0.25, 0.3) is 5.57 Å². The van der Waals surface area contributed by atoms with Gasteiger partial charge in [0.15, 0.2) is 0 Å². The molecule has 0 spiro atoms. The Morgan fingerprint density at radius 3 is 2.72 bits per heavy atom. The van der Waals surface area contributed by atoms with Crippen LogP contribution < -0.4 is 0 Å². The van der Waals surface area contributed by atoms with Crippen LogP contribution in [0.1, 0.15) is 23.6 Å². The lowest BCUT2D eigenvalue weighted by Crippen LogP contribution is -1.92. The van der Waals surface area contributed by atoms with Gasteiger partial charge >= 0.3 is 0 Å². The fourth-order valence-electron chi connectivity index (χ4n) is 1.71. The number of aliphatic hydroxyl groups is 1. The van der Waals surface area contributed by atoms with Crippen LogP contribution in [0.2, 0.25) is 0 Å². The van der Waals surface area contributed by atoms with Crippen LogP contribution >= 0.6 is 0 Å². The predicted octanol–water partition coefficient (Wildman–Crippen LogP) is 3.61. The maximum atomic E-state index is 9.21. The van der Waals surface area contributed by atoms with Gasteiger partial charge in [-0.15, -0.1) is 0 Å². The van der Waals surface area contributed by atoms with Gasteiger partial charge in [-0.2, -0.15) is 0 Å². The summed E-state index contributed by atoms with van der Waals surface area (Å²) in [5, 5.41) is 9.21. The number of allylic oxidation sites excluding steroid dienone is 4. The van der Waals surface area contributed by atoms with Crippen LogP contribution in [-0.2, 0) is 11.3 Å². The molecule has 0 saturated carbocycles. The van der Waals surface area contributed by atoms with E-state index in [1.807, 2.05) is 50.3 Å². The van der Waals surface area contributed by atoms with E-state index in [1.54, 1.807) is 7.11 Å². The summed E-state index contributed by atoms with van der Waals surface area (Å²) in [5.41, 5.74) is 4.16. The Kier molecular flexibility index (Phi) is 5.40. The summed E-state index contributed by atoms with van der Waals surface area (Å²) in [5.74, 6) is 0.608. The Morgan fingerprint density at radius 2 is 2.17 bits per heavy atom. The van der Waals surface area contributed by atoms with Crippen LogP contribution in [0, 0.1) is 6.92 Å². The minimum atomic E-state index is 0.0433. The highest BCUT2D eigenvalue weighted by Crippen LogP contribution is 2.23. The molecule has 1 rings (SSSR count). The summed E-state index contributed by atoms with van der Waals surface area (Å²) in [4.78, 5) is 0. The summed E-state index contributed by atoms with van der Waals surface area (Å²) in [6.45, 7) is 7.87. The molecule has 0 fully saturated rings. The average Bonchev–Trinajstić information content (AvgIpc) is 2.38. The van der Waals surface area contributed by atoms with Crippen molar-refractivity contribution in [2.75, 3.05) is 7.11 Å². The minimum absolute atomic E-state index is 0.0433. The molecule has 0 aromatic heterocycles. The van der Waals surface area contributed by atoms with Crippen LogP contribution in [0.15, 0.2) is 48.8 Å². The molecule has 1 N–H and O–H groups in total. The molecular weight excluding hydrogens is 224 g/mol. The molecule has 2 heteroatoms. The van der Waals surface area contributed by atoms with Crippen molar-refractivity contribution in [3.05, 3.63) is 65.5 Å². The highest BCUT2D eigenvalue weighted by atomic mass is 16.5. The molecule has 1 aromatic carbocycles. The van der Waals surface area contributed by atoms with E-state index in [9.17, 15) is 5.11 Å². The number of hydrogen-bond donors (Lipinski definition) is 1. The smallest absolute Gasteiger partial charge is 0.112 e. The van der Waals surface area contributed by atoms with Crippen molar-refractivity contribution in [2.45, 2.75) is 20.5 Å². The molecule has 0 bridgehead atoms. The summed E-state index contributed by atoms with van der Waals surface area (Å²) < 4.78 is 5.09. The van der Waals surface area contributed by atoms with Gasteiger partial charge in [0.25, 0.3) is 0 Å². The SMILES string of the molecule is C=C(/C=C(\C=C/C)c1cc(CO)ccc1C)OC. The van der Waals surface area contributed by atoms with Crippen molar-refractivity contribution in [1.29, 1.82) is 0 Å². The van der Waals surface area contributed by atoms with E-state index in [-0.39, 0.29) is 6.61 Å². The highest BCUT2D eigenvalue weighted by Gasteiger charge is 2.04. The van der Waals surface area contributed by atoms with E-state index < -0.39 is 0 Å². The third-order valence-corrected chi connectivity index (χ3v) is 2.72. The summed E-state index contributed by atoms with van der Waals surface area (Å²) in [6.07, 6.45) is 5.87. The maximum absolute atomic E-state index is 9.21. The summed E-state index contributed by atoms with van der Waals surface area (Å²) in [6, 6.07) is 5.93. The fraction of sp³-hybridized carbons (Fsp3) is 0.250. The molecule has 0 radical (unpaired) electrons. The quantitative estimate of drug-likeness (QED) is 0.633. The monoisotopic (exact) mass is 244 g/mol. The van der Waals surface area contributed by atoms with Crippen LogP contribution in [0.3, 0.4) is 0 Å². The maximum Gasteiger partial charge on any atom is 0.112 e. The first-order valence-electron chi connectivity index (χ1n) is 5.90. The minimum Gasteiger partial charge on any atom is -0.497 e. The van der Waals surface area contributed by atoms with E-state index in [4.69, 9.17) is 4.74 Å². The first-order valence-corrected chi connectivity index (χ1v) is 5.90. The number of ether oxygens (including phenoxy) is 1. The van der Waals surface area contributed by atoms with Gasteiger partial charge in [-0.3, -0.25) is 0 Å². The Morgan fingerprint density at radius 1 is 1.44 bits per heavy atom. The third kappa shape index (κ3) is 3.60. The van der Waals surface area contributed by atoms with Crippen LogP contribution in [-0.4, -0.2) is 12.2 Å². The lowest BCUT2D eigenvalue weighted by Gasteiger charge is -2.10. The zero-order valence-corrected chi connectivity index (χ0v) is 11.2. The molecule has 0 heterocycles. The van der Waals surface area contributed by atoms with Crippen LogP contribution in [0.4, 0.5) is 0 Å². The van der Waals surface area contributed by atoms with E-state index >= 15 is 0 Å². The lowest BCUT2D eigenvalue weighted by molar-refractivity contribution is 0.282. The van der Waals surface area contributed by atoms with Gasteiger partial charge in [0.2, 0.25) is 0 Å². The third-order valence-electron chi connectivity index (χ3n) is 2.72. The number of aliphatic hydroxyl groups excluding tert-OH is 1. The zero-order valence-electron chi connectivity index (χ0n) is 11.2. The number of methoxy groups -OCH3 is 1. The van der Waals surface area contributed by atoms with Crippen molar-refractivity contribution in [1.82, 2.24) is 0 Å². The van der Waals surface area contributed by atoms with Gasteiger partial charge in [-0.1, -0.05) is 30.9 Å². The molecule has 0 amide bonds. The second kappa shape index (κ2) is 6.82. The van der Waals surface area contributed by atoms with Crippen molar-refractivity contribution >= 4 is 5.57 Å². The molecule has 0 aliphatic heterocycles. The highest BCUT2D eigenvalue weighted by molar-refractivity contribution is 5.77. The van der Waals surface area contributed by atoms with E-state index in [2.05, 4.69) is 6.58 Å². The van der Waals surface area contributed by atoms with E-state index in [1.165, 1.54) is 0 Å². The van der Waals surface area contributed by atoms with Crippen molar-refractivity contribution in [3.8, 4) is 0 Å². The van der Waals surface area contributed by atoms with Gasteiger partial charge < -0.3 is 9.84 Å². The molecule has 1 aromatic rings. The topological polar surface area (TPSA) is 29.5 Å². The first-order chi connectivity index (χ1) is 8.62. The normalized spacial score (nSPS) is 11.9. The molecule has 0 saturated heterocycles. The van der Waals surface area contributed by atoms with Gasteiger partial charge in [0.05, 0.1) is 13.7 Å². The molecule has 0 unspecified atom stereocenters. The predicted molar refractivity (Wildman–Crippen MR) is 76.0 cm³/mol. The number of benzene rings is 1. The molecule has 2 nitrogen and oxygen atoms in total. The molecule has 0 aliphatic rings. The van der Waals surface area contributed by atoms with Gasteiger partial charge in [0, 0.05) is 0 Å². The molecule has 0 atom stereocenters. The Hall–Kier alpha value is -1.80. The molecular formula is C16H20O2. The summed E-state index contributed by atoms with van der Waals surface area (Å²) in [7, 11) is 1.60. The lowest BCUT2D eigenvalue weighted by atomic mass is 9.97. The fourth-order valence-corrected chi connectivity index (χ4v) is 1.71. The number of rotatable bonds is 5. The van der Waals surface area contributed by atoms with Crippen molar-refractivity contribution < 1.29 is 9.84 Å². The second-order valence-electron chi connectivity index (χ2n) is 4.08. The van der Waals surface area contributed by atoms with Crippen LogP contribution in [0.5, 0.6) is 0 Å². The Balaban J connectivity index is 3.29. The van der Waals surface area contributed by atoms with Gasteiger partial charge in [-0.05, 0) is 48.3 Å². The van der Waals surface area contributed by atoms with Gasteiger partial charge in [-0.25, -0.2) is 0 Å². The summed E-state index contributed by atoms with van der Waals surface area (Å²) >= 11 is 0. The number of hydrogen-bond acceptors (Lipinski definition) is 2. The second-order valence-corrected chi connectivity index (χ2v) is 4.08. The average molecular weight is 244 g/mol. The Labute approximate surface area is 109 Å². The zero-order chi connectivity index (χ0) is 13.5. The number of aryl methyl sites for hydroxylation is 1. The largest absolute Gasteiger partial charge is 0.497 e. The van der Waals surface area contributed by atoms with E-state index in [0.717, 1.165) is 22.3 Å². The Bertz CT molecular complexity index is 482. The van der Waals surface area contributed by atoms with Gasteiger partial charge in [0.1, 0.15) is 5.76 Å².